The van der Waals surface area contributed by atoms with E-state index in [1.54, 1.807) is 11.9 Å². The van der Waals surface area contributed by atoms with Gasteiger partial charge in [0.2, 0.25) is 5.43 Å². The van der Waals surface area contributed by atoms with Crippen LogP contribution in [0.4, 0.5) is 0 Å². The molecule has 6 nitrogen and oxygen atoms in total. The molecule has 0 spiro atoms. The fraction of sp³-hybridized carbons (Fsp3) is 0.357. The van der Waals surface area contributed by atoms with Gasteiger partial charge in [0, 0.05) is 30.4 Å². The van der Waals surface area contributed by atoms with Gasteiger partial charge >= 0.3 is 0 Å². The lowest BCUT2D eigenvalue weighted by atomic mass is 10.2. The van der Waals surface area contributed by atoms with Crippen molar-refractivity contribution in [1.82, 2.24) is 14.9 Å². The van der Waals surface area contributed by atoms with E-state index in [1.165, 1.54) is 30.7 Å². The zero-order valence-electron chi connectivity index (χ0n) is 12.3. The van der Waals surface area contributed by atoms with Crippen LogP contribution in [0.2, 0.25) is 0 Å². The van der Waals surface area contributed by atoms with Gasteiger partial charge in [-0.15, -0.1) is 11.3 Å². The summed E-state index contributed by atoms with van der Waals surface area (Å²) in [6.07, 6.45) is 1.39. The molecule has 0 bridgehead atoms. The van der Waals surface area contributed by atoms with Crippen LogP contribution >= 0.6 is 11.3 Å². The number of carbonyl (C=O) groups excluding carboxylic acids is 1. The van der Waals surface area contributed by atoms with Crippen LogP contribution < -0.4 is 10.2 Å². The van der Waals surface area contributed by atoms with Gasteiger partial charge in [0.05, 0.1) is 13.2 Å². The van der Waals surface area contributed by atoms with Crippen molar-refractivity contribution in [1.29, 1.82) is 0 Å². The number of rotatable bonds is 4. The Bertz CT molecular complexity index is 707. The molecule has 0 aliphatic rings. The third kappa shape index (κ3) is 3.13. The SMILES string of the molecule is COc1c[nH]c(C(=O)N(C)[C@H](C)c2nc(C)cs2)cc1=O. The Labute approximate surface area is 126 Å². The number of H-pyrrole nitrogens is 1. The highest BCUT2D eigenvalue weighted by Crippen LogP contribution is 2.23. The van der Waals surface area contributed by atoms with Gasteiger partial charge in [-0.2, -0.15) is 0 Å². The van der Waals surface area contributed by atoms with E-state index in [-0.39, 0.29) is 28.8 Å². The molecule has 0 aromatic carbocycles. The molecule has 112 valence electrons. The van der Waals surface area contributed by atoms with Crippen molar-refractivity contribution in [3.8, 4) is 5.75 Å². The van der Waals surface area contributed by atoms with Gasteiger partial charge < -0.3 is 14.6 Å². The van der Waals surface area contributed by atoms with Crippen LogP contribution in [-0.2, 0) is 0 Å². The maximum Gasteiger partial charge on any atom is 0.270 e. The van der Waals surface area contributed by atoms with Crippen molar-refractivity contribution in [3.63, 3.8) is 0 Å². The Morgan fingerprint density at radius 2 is 2.24 bits per heavy atom. The number of aromatic amines is 1. The van der Waals surface area contributed by atoms with E-state index in [2.05, 4.69) is 9.97 Å². The summed E-state index contributed by atoms with van der Waals surface area (Å²) in [5.41, 5.74) is 0.828. The van der Waals surface area contributed by atoms with E-state index >= 15 is 0 Å². The van der Waals surface area contributed by atoms with Crippen LogP contribution in [0.25, 0.3) is 0 Å². The van der Waals surface area contributed by atoms with E-state index in [0.29, 0.717) is 0 Å². The second-order valence-electron chi connectivity index (χ2n) is 4.70. The van der Waals surface area contributed by atoms with Gasteiger partial charge in [-0.3, -0.25) is 9.59 Å². The zero-order valence-corrected chi connectivity index (χ0v) is 13.2. The molecule has 0 saturated carbocycles. The molecule has 2 rings (SSSR count). The van der Waals surface area contributed by atoms with Crippen LogP contribution in [0.15, 0.2) is 22.4 Å². The summed E-state index contributed by atoms with van der Waals surface area (Å²) in [4.78, 5) is 32.8. The molecule has 7 heteroatoms. The number of nitrogens with zero attached hydrogens (tertiary/aromatic N) is 2. The predicted molar refractivity (Wildman–Crippen MR) is 81.0 cm³/mol. The Morgan fingerprint density at radius 1 is 1.52 bits per heavy atom. The number of nitrogens with one attached hydrogen (secondary N) is 1. The maximum atomic E-state index is 12.4. The number of pyridine rings is 1. The van der Waals surface area contributed by atoms with Gasteiger partial charge in [0.15, 0.2) is 5.75 Å². The number of amides is 1. The molecule has 0 unspecified atom stereocenters. The molecule has 0 radical (unpaired) electrons. The molecule has 0 saturated heterocycles. The Morgan fingerprint density at radius 3 is 2.76 bits per heavy atom. The van der Waals surface area contributed by atoms with Crippen LogP contribution in [-0.4, -0.2) is 34.9 Å². The van der Waals surface area contributed by atoms with Crippen LogP contribution in [0.5, 0.6) is 5.75 Å². The number of hydrogen-bond donors (Lipinski definition) is 1. The third-order valence-electron chi connectivity index (χ3n) is 3.22. The summed E-state index contributed by atoms with van der Waals surface area (Å²) < 4.78 is 4.88. The molecular formula is C14H17N3O3S. The number of ether oxygens (including phenoxy) is 1. The first-order valence-corrected chi connectivity index (χ1v) is 7.28. The zero-order chi connectivity index (χ0) is 15.6. The Hall–Kier alpha value is -2.15. The minimum Gasteiger partial charge on any atom is -0.491 e. The van der Waals surface area contributed by atoms with Crippen LogP contribution in [0.1, 0.15) is 34.2 Å². The first-order chi connectivity index (χ1) is 9.93. The van der Waals surface area contributed by atoms with Gasteiger partial charge in [0.1, 0.15) is 10.7 Å². The molecule has 2 aromatic heterocycles. The smallest absolute Gasteiger partial charge is 0.270 e. The standard InChI is InChI=1S/C14H17N3O3S/c1-8-7-21-13(16-8)9(2)17(3)14(19)10-5-11(18)12(20-4)6-15-10/h5-7,9H,1-4H3,(H,15,18)/t9-/m1/s1. The first kappa shape index (κ1) is 15.2. The molecule has 0 aliphatic carbocycles. The van der Waals surface area contributed by atoms with Crippen molar-refractivity contribution in [2.75, 3.05) is 14.2 Å². The maximum absolute atomic E-state index is 12.4. The Kier molecular flexibility index (Phi) is 4.42. The van der Waals surface area contributed by atoms with Gasteiger partial charge in [0.25, 0.3) is 5.91 Å². The van der Waals surface area contributed by atoms with E-state index < -0.39 is 0 Å². The molecule has 1 N–H and O–H groups in total. The molecule has 0 aliphatic heterocycles. The minimum atomic E-state index is -0.328. The van der Waals surface area contributed by atoms with Gasteiger partial charge in [-0.25, -0.2) is 4.98 Å². The van der Waals surface area contributed by atoms with Crippen molar-refractivity contribution < 1.29 is 9.53 Å². The summed E-state index contributed by atoms with van der Waals surface area (Å²) >= 11 is 1.51. The Balaban J connectivity index is 2.23. The topological polar surface area (TPSA) is 75.3 Å². The van der Waals surface area contributed by atoms with Crippen molar-refractivity contribution in [3.05, 3.63) is 44.3 Å². The van der Waals surface area contributed by atoms with Crippen LogP contribution in [0, 0.1) is 6.92 Å². The van der Waals surface area contributed by atoms with E-state index in [1.807, 2.05) is 19.2 Å². The molecule has 2 aromatic rings. The predicted octanol–water partition coefficient (Wildman–Crippen LogP) is 1.98. The molecule has 21 heavy (non-hydrogen) atoms. The number of thiazole rings is 1. The fourth-order valence-electron chi connectivity index (χ4n) is 1.84. The van der Waals surface area contributed by atoms with E-state index in [4.69, 9.17) is 4.74 Å². The van der Waals surface area contributed by atoms with Crippen LogP contribution in [0.3, 0.4) is 0 Å². The second kappa shape index (κ2) is 6.09. The lowest BCUT2D eigenvalue weighted by Gasteiger charge is -2.23. The number of hydrogen-bond acceptors (Lipinski definition) is 5. The van der Waals surface area contributed by atoms with E-state index in [0.717, 1.165) is 10.7 Å². The average Bonchev–Trinajstić information content (AvgIpc) is 2.91. The van der Waals surface area contributed by atoms with E-state index in [9.17, 15) is 9.59 Å². The lowest BCUT2D eigenvalue weighted by Crippen LogP contribution is -2.31. The average molecular weight is 307 g/mol. The van der Waals surface area contributed by atoms with Crippen molar-refractivity contribution in [2.24, 2.45) is 0 Å². The number of aromatic nitrogens is 2. The molecule has 1 amide bonds. The summed E-state index contributed by atoms with van der Waals surface area (Å²) in [5.74, 6) is -0.0899. The number of carbonyl (C=O) groups is 1. The number of methoxy groups -OCH3 is 1. The number of aryl methyl sites for hydroxylation is 1. The van der Waals surface area contributed by atoms with Crippen molar-refractivity contribution >= 4 is 17.2 Å². The van der Waals surface area contributed by atoms with Gasteiger partial charge in [-0.1, -0.05) is 0 Å². The van der Waals surface area contributed by atoms with Gasteiger partial charge in [-0.05, 0) is 13.8 Å². The summed E-state index contributed by atoms with van der Waals surface area (Å²) in [6.45, 7) is 3.81. The lowest BCUT2D eigenvalue weighted by molar-refractivity contribution is 0.0736. The minimum absolute atomic E-state index is 0.165. The highest BCUT2D eigenvalue weighted by molar-refractivity contribution is 7.09. The third-order valence-corrected chi connectivity index (χ3v) is 4.36. The summed E-state index contributed by atoms with van der Waals surface area (Å²) in [6, 6.07) is 1.08. The monoisotopic (exact) mass is 307 g/mol. The molecule has 2 heterocycles. The quantitative estimate of drug-likeness (QED) is 0.937. The first-order valence-electron chi connectivity index (χ1n) is 6.40. The molecule has 1 atom stereocenters. The fourth-order valence-corrected chi connectivity index (χ4v) is 2.73. The normalized spacial score (nSPS) is 12.0. The largest absolute Gasteiger partial charge is 0.491 e. The second-order valence-corrected chi connectivity index (χ2v) is 5.59. The molecule has 0 fully saturated rings. The summed E-state index contributed by atoms with van der Waals surface area (Å²) in [5, 5.41) is 2.80. The highest BCUT2D eigenvalue weighted by Gasteiger charge is 2.22. The van der Waals surface area contributed by atoms with Crippen molar-refractivity contribution in [2.45, 2.75) is 19.9 Å². The highest BCUT2D eigenvalue weighted by atomic mass is 32.1. The summed E-state index contributed by atoms with van der Waals surface area (Å²) in [7, 11) is 3.09. The molecular weight excluding hydrogens is 290 g/mol.